The minimum atomic E-state index is -0.240. The monoisotopic (exact) mass is 388 g/mol. The Hall–Kier alpha value is -2.34. The Morgan fingerprint density at radius 3 is 2.63 bits per heavy atom. The van der Waals surface area contributed by atoms with Crippen LogP contribution in [-0.4, -0.2) is 34.0 Å². The summed E-state index contributed by atoms with van der Waals surface area (Å²) in [6.45, 7) is 5.03. The van der Waals surface area contributed by atoms with Gasteiger partial charge in [0, 0.05) is 24.2 Å². The highest BCUT2D eigenvalue weighted by atomic mass is 35.5. The Labute approximate surface area is 164 Å². The first kappa shape index (κ1) is 19.4. The molecule has 144 valence electrons. The van der Waals surface area contributed by atoms with Crippen molar-refractivity contribution in [3.8, 4) is 0 Å². The van der Waals surface area contributed by atoms with Crippen LogP contribution in [0.5, 0.6) is 0 Å². The second-order valence-electron chi connectivity index (χ2n) is 7.10. The lowest BCUT2D eigenvalue weighted by Crippen LogP contribution is -2.31. The molecule has 0 saturated heterocycles. The zero-order valence-corrected chi connectivity index (χ0v) is 16.5. The highest BCUT2D eigenvalue weighted by molar-refractivity contribution is 6.30. The van der Waals surface area contributed by atoms with Gasteiger partial charge in [-0.3, -0.25) is 9.59 Å². The molecule has 2 N–H and O–H groups in total. The molecule has 0 fully saturated rings. The van der Waals surface area contributed by atoms with E-state index in [9.17, 15) is 9.59 Å². The molecular formula is C20H25ClN4O2. The molecule has 6 nitrogen and oxygen atoms in total. The summed E-state index contributed by atoms with van der Waals surface area (Å²) in [6.07, 6.45) is 3.47. The molecule has 0 atom stereocenters. The first-order valence-corrected chi connectivity index (χ1v) is 9.76. The number of amides is 2. The average molecular weight is 389 g/mol. The molecule has 1 aromatic carbocycles. The largest absolute Gasteiger partial charge is 0.349 e. The number of fused-ring (bicyclic) bond motifs is 1. The zero-order chi connectivity index (χ0) is 19.4. The number of imidazole rings is 1. The number of halogens is 1. The van der Waals surface area contributed by atoms with Crippen LogP contribution in [0.1, 0.15) is 59.1 Å². The van der Waals surface area contributed by atoms with Gasteiger partial charge in [-0.1, -0.05) is 23.7 Å². The third kappa shape index (κ3) is 4.69. The number of rotatable bonds is 6. The van der Waals surface area contributed by atoms with Crippen molar-refractivity contribution in [3.63, 3.8) is 0 Å². The molecule has 3 rings (SSSR count). The summed E-state index contributed by atoms with van der Waals surface area (Å²) in [5.41, 5.74) is 2.34. The van der Waals surface area contributed by atoms with Crippen LogP contribution < -0.4 is 10.6 Å². The van der Waals surface area contributed by atoms with E-state index < -0.39 is 0 Å². The smallest absolute Gasteiger partial charge is 0.287 e. The fourth-order valence-electron chi connectivity index (χ4n) is 3.28. The molecule has 2 heterocycles. The van der Waals surface area contributed by atoms with Gasteiger partial charge in [0.15, 0.2) is 5.82 Å². The van der Waals surface area contributed by atoms with Gasteiger partial charge in [0.05, 0.1) is 5.69 Å². The van der Waals surface area contributed by atoms with Crippen LogP contribution in [0.25, 0.3) is 0 Å². The van der Waals surface area contributed by atoms with Gasteiger partial charge in [0.2, 0.25) is 0 Å². The second-order valence-corrected chi connectivity index (χ2v) is 7.54. The topological polar surface area (TPSA) is 76.0 Å². The third-order valence-corrected chi connectivity index (χ3v) is 4.82. The predicted molar refractivity (Wildman–Crippen MR) is 105 cm³/mol. The molecule has 2 aromatic rings. The van der Waals surface area contributed by atoms with E-state index in [0.717, 1.165) is 37.1 Å². The number of carbonyl (C=O) groups is 2. The number of nitrogens with one attached hydrogen (secondary N) is 2. The molecule has 0 saturated carbocycles. The molecule has 0 spiro atoms. The normalized spacial score (nSPS) is 13.3. The first-order valence-electron chi connectivity index (χ1n) is 9.38. The van der Waals surface area contributed by atoms with Gasteiger partial charge in [-0.25, -0.2) is 4.98 Å². The SMILES string of the molecule is CC(C)NC(=O)c1nc(C(=O)NCCc2ccc(Cl)cc2)n2c1CCCC2. The van der Waals surface area contributed by atoms with E-state index >= 15 is 0 Å². The lowest BCUT2D eigenvalue weighted by Gasteiger charge is -2.17. The summed E-state index contributed by atoms with van der Waals surface area (Å²) in [7, 11) is 0. The molecule has 0 bridgehead atoms. The Morgan fingerprint density at radius 1 is 1.19 bits per heavy atom. The summed E-state index contributed by atoms with van der Waals surface area (Å²) in [4.78, 5) is 29.5. The van der Waals surface area contributed by atoms with Crippen molar-refractivity contribution in [1.29, 1.82) is 0 Å². The van der Waals surface area contributed by atoms with Gasteiger partial charge in [-0.15, -0.1) is 0 Å². The summed E-state index contributed by atoms with van der Waals surface area (Å²) in [6, 6.07) is 7.59. The molecule has 7 heteroatoms. The van der Waals surface area contributed by atoms with Gasteiger partial charge in [-0.2, -0.15) is 0 Å². The van der Waals surface area contributed by atoms with E-state index in [1.54, 1.807) is 0 Å². The number of carbonyl (C=O) groups excluding carboxylic acids is 2. The second kappa shape index (κ2) is 8.57. The maximum absolute atomic E-state index is 12.7. The molecule has 1 aliphatic rings. The summed E-state index contributed by atoms with van der Waals surface area (Å²) >= 11 is 5.89. The molecule has 1 aromatic heterocycles. The number of hydrogen-bond acceptors (Lipinski definition) is 3. The highest BCUT2D eigenvalue weighted by Crippen LogP contribution is 2.21. The Kier molecular flexibility index (Phi) is 6.16. The number of hydrogen-bond donors (Lipinski definition) is 2. The molecule has 0 radical (unpaired) electrons. The zero-order valence-electron chi connectivity index (χ0n) is 15.7. The van der Waals surface area contributed by atoms with Gasteiger partial charge in [0.25, 0.3) is 11.8 Å². The Balaban J connectivity index is 1.71. The van der Waals surface area contributed by atoms with Crippen molar-refractivity contribution in [2.45, 2.75) is 52.1 Å². The van der Waals surface area contributed by atoms with Gasteiger partial charge >= 0.3 is 0 Å². The van der Waals surface area contributed by atoms with Crippen molar-refractivity contribution >= 4 is 23.4 Å². The standard InChI is InChI=1S/C20H25ClN4O2/c1-13(2)23-19(26)17-16-5-3-4-12-25(16)18(24-17)20(27)22-11-10-14-6-8-15(21)9-7-14/h6-9,13H,3-5,10-12H2,1-2H3,(H,22,27)(H,23,26). The van der Waals surface area contributed by atoms with E-state index in [2.05, 4.69) is 15.6 Å². The fraction of sp³-hybridized carbons (Fsp3) is 0.450. The Bertz CT molecular complexity index is 827. The van der Waals surface area contributed by atoms with Gasteiger partial charge < -0.3 is 15.2 Å². The molecule has 0 aliphatic carbocycles. The van der Waals surface area contributed by atoms with Crippen LogP contribution in [0.3, 0.4) is 0 Å². The maximum Gasteiger partial charge on any atom is 0.287 e. The van der Waals surface area contributed by atoms with E-state index in [4.69, 9.17) is 11.6 Å². The van der Waals surface area contributed by atoms with Gasteiger partial charge in [-0.05, 0) is 57.2 Å². The van der Waals surface area contributed by atoms with Crippen LogP contribution in [-0.2, 0) is 19.4 Å². The van der Waals surface area contributed by atoms with Crippen molar-refractivity contribution in [2.24, 2.45) is 0 Å². The van der Waals surface area contributed by atoms with Crippen LogP contribution in [0.2, 0.25) is 5.02 Å². The van der Waals surface area contributed by atoms with Crippen LogP contribution >= 0.6 is 11.6 Å². The number of nitrogens with zero attached hydrogens (tertiary/aromatic N) is 2. The van der Waals surface area contributed by atoms with E-state index in [-0.39, 0.29) is 17.9 Å². The van der Waals surface area contributed by atoms with Crippen molar-refractivity contribution in [2.75, 3.05) is 6.54 Å². The third-order valence-electron chi connectivity index (χ3n) is 4.57. The van der Waals surface area contributed by atoms with E-state index in [0.29, 0.717) is 29.5 Å². The molecule has 1 aliphatic heterocycles. The number of benzene rings is 1. The molecular weight excluding hydrogens is 364 g/mol. The minimum Gasteiger partial charge on any atom is -0.349 e. The molecule has 0 unspecified atom stereocenters. The van der Waals surface area contributed by atoms with E-state index in [1.807, 2.05) is 42.7 Å². The van der Waals surface area contributed by atoms with Crippen molar-refractivity contribution in [1.82, 2.24) is 20.2 Å². The van der Waals surface area contributed by atoms with Crippen LogP contribution in [0.4, 0.5) is 0 Å². The molecule has 2 amide bonds. The summed E-state index contributed by atoms with van der Waals surface area (Å²) in [5.74, 6) is -0.124. The van der Waals surface area contributed by atoms with Crippen LogP contribution in [0, 0.1) is 0 Å². The fourth-order valence-corrected chi connectivity index (χ4v) is 3.41. The number of aromatic nitrogens is 2. The highest BCUT2D eigenvalue weighted by Gasteiger charge is 2.27. The first-order chi connectivity index (χ1) is 13.0. The lowest BCUT2D eigenvalue weighted by molar-refractivity contribution is 0.0936. The minimum absolute atomic E-state index is 0.0232. The summed E-state index contributed by atoms with van der Waals surface area (Å²) in [5, 5.41) is 6.49. The predicted octanol–water partition coefficient (Wildman–Crippen LogP) is 2.98. The van der Waals surface area contributed by atoms with Gasteiger partial charge in [0.1, 0.15) is 5.69 Å². The molecule has 27 heavy (non-hydrogen) atoms. The van der Waals surface area contributed by atoms with E-state index in [1.165, 1.54) is 0 Å². The average Bonchev–Trinajstić information content (AvgIpc) is 3.03. The Morgan fingerprint density at radius 2 is 1.93 bits per heavy atom. The maximum atomic E-state index is 12.7. The summed E-state index contributed by atoms with van der Waals surface area (Å²) < 4.78 is 1.90. The lowest BCUT2D eigenvalue weighted by atomic mass is 10.1. The van der Waals surface area contributed by atoms with Crippen molar-refractivity contribution in [3.05, 3.63) is 52.1 Å². The quantitative estimate of drug-likeness (QED) is 0.798. The van der Waals surface area contributed by atoms with Crippen LogP contribution in [0.15, 0.2) is 24.3 Å². The van der Waals surface area contributed by atoms with Crippen molar-refractivity contribution < 1.29 is 9.59 Å².